The largest absolute Gasteiger partial charge is 0.337 e. The number of aromatic nitrogens is 2. The molecule has 3 nitrogen and oxygen atoms in total. The fourth-order valence-corrected chi connectivity index (χ4v) is 2.77. The summed E-state index contributed by atoms with van der Waals surface area (Å²) in [7, 11) is -0.780. The second-order valence-electron chi connectivity index (χ2n) is 3.40. The Balaban J connectivity index is 2.98. The van der Waals surface area contributed by atoms with Crippen LogP contribution in [-0.2, 0) is 17.2 Å². The fourth-order valence-electron chi connectivity index (χ4n) is 1.58. The summed E-state index contributed by atoms with van der Waals surface area (Å²) in [6, 6.07) is 0.203. The number of nitrogens with zero attached hydrogens (tertiary/aromatic N) is 1. The third kappa shape index (κ3) is 2.54. The van der Waals surface area contributed by atoms with Crippen molar-refractivity contribution < 1.29 is 4.21 Å². The molecule has 0 fully saturated rings. The quantitative estimate of drug-likeness (QED) is 0.807. The van der Waals surface area contributed by atoms with Gasteiger partial charge in [-0.1, -0.05) is 6.92 Å². The molecular formula is C9H16N2OS2. The second kappa shape index (κ2) is 4.89. The molecule has 1 aromatic rings. The molecule has 0 radical (unpaired) electrons. The molecule has 0 aliphatic heterocycles. The average molecular weight is 232 g/mol. The van der Waals surface area contributed by atoms with Crippen molar-refractivity contribution in [3.63, 3.8) is 0 Å². The molecule has 0 aromatic carbocycles. The van der Waals surface area contributed by atoms with Gasteiger partial charge in [0.05, 0.1) is 0 Å². The van der Waals surface area contributed by atoms with Crippen molar-refractivity contribution in [1.82, 2.24) is 9.55 Å². The Morgan fingerprint density at radius 1 is 1.71 bits per heavy atom. The monoisotopic (exact) mass is 232 g/mol. The maximum Gasteiger partial charge on any atom is 0.177 e. The van der Waals surface area contributed by atoms with E-state index < -0.39 is 10.8 Å². The molecular weight excluding hydrogens is 216 g/mol. The number of aryl methyl sites for hydroxylation is 1. The van der Waals surface area contributed by atoms with Gasteiger partial charge in [0, 0.05) is 40.7 Å². The highest BCUT2D eigenvalue weighted by atomic mass is 32.2. The lowest BCUT2D eigenvalue weighted by Crippen LogP contribution is -2.15. The minimum absolute atomic E-state index is 0.203. The summed E-state index contributed by atoms with van der Waals surface area (Å²) in [5.41, 5.74) is 1.17. The summed E-state index contributed by atoms with van der Waals surface area (Å²) in [5.74, 6) is 0.652. The number of aromatic amines is 1. The Bertz CT molecular complexity index is 380. The van der Waals surface area contributed by atoms with Crippen LogP contribution in [0.1, 0.15) is 25.6 Å². The minimum atomic E-state index is -0.780. The molecule has 2 unspecified atom stereocenters. The lowest BCUT2D eigenvalue weighted by molar-refractivity contribution is 0.569. The van der Waals surface area contributed by atoms with Crippen LogP contribution in [0.4, 0.5) is 0 Å². The van der Waals surface area contributed by atoms with Gasteiger partial charge >= 0.3 is 0 Å². The van der Waals surface area contributed by atoms with Crippen molar-refractivity contribution in [1.29, 1.82) is 0 Å². The van der Waals surface area contributed by atoms with Gasteiger partial charge in [-0.2, -0.15) is 0 Å². The third-order valence-corrected chi connectivity index (χ3v) is 3.44. The first-order valence-electron chi connectivity index (χ1n) is 4.65. The standard InChI is InChI=1S/C9H16N2OS2/c1-4-8-5-10-9(13)11(8)7(2)6-14(3)12/h5,7H,4,6H2,1-3H3,(H,10,13). The zero-order valence-corrected chi connectivity index (χ0v) is 10.4. The molecule has 0 aliphatic rings. The van der Waals surface area contributed by atoms with Gasteiger partial charge in [-0.25, -0.2) is 0 Å². The molecule has 0 amide bonds. The number of rotatable bonds is 4. The molecule has 0 aliphatic carbocycles. The number of H-pyrrole nitrogens is 1. The summed E-state index contributed by atoms with van der Waals surface area (Å²) < 4.78 is 13.9. The van der Waals surface area contributed by atoms with E-state index in [2.05, 4.69) is 16.5 Å². The molecule has 1 N–H and O–H groups in total. The van der Waals surface area contributed by atoms with Crippen molar-refractivity contribution in [3.8, 4) is 0 Å². The summed E-state index contributed by atoms with van der Waals surface area (Å²) in [5, 5.41) is 0. The maximum absolute atomic E-state index is 11.1. The summed E-state index contributed by atoms with van der Waals surface area (Å²) in [6.45, 7) is 4.13. The summed E-state index contributed by atoms with van der Waals surface area (Å²) in [4.78, 5) is 3.02. The van der Waals surface area contributed by atoms with Crippen molar-refractivity contribution >= 4 is 23.0 Å². The van der Waals surface area contributed by atoms with Crippen LogP contribution in [0.3, 0.4) is 0 Å². The second-order valence-corrected chi connectivity index (χ2v) is 5.26. The molecule has 1 heterocycles. The van der Waals surface area contributed by atoms with Crippen LogP contribution in [-0.4, -0.2) is 25.8 Å². The Labute approximate surface area is 92.0 Å². The zero-order chi connectivity index (χ0) is 10.7. The van der Waals surface area contributed by atoms with E-state index in [4.69, 9.17) is 12.2 Å². The molecule has 0 bridgehead atoms. The predicted octanol–water partition coefficient (Wildman–Crippen LogP) is 2.05. The smallest absolute Gasteiger partial charge is 0.177 e. The highest BCUT2D eigenvalue weighted by Crippen LogP contribution is 2.12. The molecule has 0 spiro atoms. The molecule has 0 saturated carbocycles. The van der Waals surface area contributed by atoms with Gasteiger partial charge in [0.1, 0.15) is 0 Å². The predicted molar refractivity (Wildman–Crippen MR) is 62.6 cm³/mol. The Morgan fingerprint density at radius 2 is 2.36 bits per heavy atom. The minimum Gasteiger partial charge on any atom is -0.337 e. The van der Waals surface area contributed by atoms with Crippen LogP contribution in [0.15, 0.2) is 6.20 Å². The van der Waals surface area contributed by atoms with Gasteiger partial charge in [0.25, 0.3) is 0 Å². The number of hydrogen-bond donors (Lipinski definition) is 1. The van der Waals surface area contributed by atoms with E-state index >= 15 is 0 Å². The Morgan fingerprint density at radius 3 is 2.86 bits per heavy atom. The molecule has 1 aromatic heterocycles. The molecule has 80 valence electrons. The topological polar surface area (TPSA) is 37.8 Å². The Kier molecular flexibility index (Phi) is 4.07. The van der Waals surface area contributed by atoms with Gasteiger partial charge in [0.15, 0.2) is 4.77 Å². The number of imidazole rings is 1. The van der Waals surface area contributed by atoms with Crippen molar-refractivity contribution in [2.75, 3.05) is 12.0 Å². The molecule has 5 heteroatoms. The van der Waals surface area contributed by atoms with Gasteiger partial charge in [-0.05, 0) is 25.6 Å². The van der Waals surface area contributed by atoms with Crippen molar-refractivity contribution in [2.45, 2.75) is 26.3 Å². The summed E-state index contributed by atoms with van der Waals surface area (Å²) in [6.07, 6.45) is 4.59. The maximum atomic E-state index is 11.1. The van der Waals surface area contributed by atoms with E-state index in [0.717, 1.165) is 11.2 Å². The lowest BCUT2D eigenvalue weighted by Gasteiger charge is -2.14. The average Bonchev–Trinajstić information content (AvgIpc) is 2.45. The van der Waals surface area contributed by atoms with Gasteiger partial charge in [0.2, 0.25) is 0 Å². The van der Waals surface area contributed by atoms with Crippen LogP contribution < -0.4 is 0 Å². The van der Waals surface area contributed by atoms with E-state index in [1.807, 2.05) is 13.1 Å². The zero-order valence-electron chi connectivity index (χ0n) is 8.74. The van der Waals surface area contributed by atoms with Gasteiger partial charge in [-0.15, -0.1) is 0 Å². The van der Waals surface area contributed by atoms with Crippen LogP contribution in [0, 0.1) is 4.77 Å². The first-order chi connectivity index (χ1) is 6.56. The van der Waals surface area contributed by atoms with Crippen molar-refractivity contribution in [3.05, 3.63) is 16.7 Å². The highest BCUT2D eigenvalue weighted by molar-refractivity contribution is 7.84. The van der Waals surface area contributed by atoms with Crippen LogP contribution >= 0.6 is 12.2 Å². The first-order valence-corrected chi connectivity index (χ1v) is 6.78. The lowest BCUT2D eigenvalue weighted by atomic mass is 10.3. The molecule has 1 rings (SSSR count). The number of hydrogen-bond acceptors (Lipinski definition) is 2. The van der Waals surface area contributed by atoms with E-state index in [9.17, 15) is 4.21 Å². The van der Waals surface area contributed by atoms with Crippen molar-refractivity contribution in [2.24, 2.45) is 0 Å². The fraction of sp³-hybridized carbons (Fsp3) is 0.667. The molecule has 2 atom stereocenters. The Hall–Kier alpha value is -0.420. The van der Waals surface area contributed by atoms with E-state index in [1.54, 1.807) is 6.26 Å². The van der Waals surface area contributed by atoms with Gasteiger partial charge < -0.3 is 9.55 Å². The van der Waals surface area contributed by atoms with E-state index in [0.29, 0.717) is 5.75 Å². The van der Waals surface area contributed by atoms with Crippen LogP contribution in [0.25, 0.3) is 0 Å². The summed E-state index contributed by atoms with van der Waals surface area (Å²) >= 11 is 5.18. The normalized spacial score (nSPS) is 15.4. The highest BCUT2D eigenvalue weighted by Gasteiger charge is 2.11. The number of nitrogens with one attached hydrogen (secondary N) is 1. The van der Waals surface area contributed by atoms with E-state index in [-0.39, 0.29) is 6.04 Å². The first kappa shape index (κ1) is 11.7. The SMILES string of the molecule is CCc1c[nH]c(=S)n1C(C)CS(C)=O. The van der Waals surface area contributed by atoms with E-state index in [1.165, 1.54) is 5.69 Å². The molecule has 14 heavy (non-hydrogen) atoms. The van der Waals surface area contributed by atoms with Crippen LogP contribution in [0.5, 0.6) is 0 Å². The van der Waals surface area contributed by atoms with Crippen LogP contribution in [0.2, 0.25) is 0 Å². The third-order valence-electron chi connectivity index (χ3n) is 2.17. The molecule has 0 saturated heterocycles. The van der Waals surface area contributed by atoms with Gasteiger partial charge in [-0.3, -0.25) is 4.21 Å².